The molecule has 0 atom stereocenters. The maximum Gasteiger partial charge on any atom is 0.306 e. The van der Waals surface area contributed by atoms with E-state index < -0.39 is 0 Å². The molecule has 134 valence electrons. The predicted octanol–water partition coefficient (Wildman–Crippen LogP) is 4.79. The van der Waals surface area contributed by atoms with E-state index in [4.69, 9.17) is 20.9 Å². The second-order valence-corrected chi connectivity index (χ2v) is 6.84. The highest BCUT2D eigenvalue weighted by Gasteiger charge is 2.11. The summed E-state index contributed by atoms with van der Waals surface area (Å²) in [6, 6.07) is 15.1. The zero-order valence-corrected chi connectivity index (χ0v) is 15.7. The lowest BCUT2D eigenvalue weighted by molar-refractivity contribution is -0.145. The molecule has 3 aromatic rings. The smallest absolute Gasteiger partial charge is 0.306 e. The summed E-state index contributed by atoms with van der Waals surface area (Å²) in [7, 11) is 0. The van der Waals surface area contributed by atoms with Gasteiger partial charge in [0.1, 0.15) is 6.61 Å². The van der Waals surface area contributed by atoms with E-state index in [0.29, 0.717) is 23.2 Å². The van der Waals surface area contributed by atoms with E-state index in [9.17, 15) is 4.79 Å². The molecule has 1 aromatic heterocycles. The van der Waals surface area contributed by atoms with Crippen molar-refractivity contribution < 1.29 is 14.1 Å². The molecular formula is C19H17ClN2O3S. The summed E-state index contributed by atoms with van der Waals surface area (Å²) in [6.07, 6.45) is 2.54. The van der Waals surface area contributed by atoms with Crippen LogP contribution in [0.15, 0.2) is 57.9 Å². The van der Waals surface area contributed by atoms with Gasteiger partial charge in [-0.15, -0.1) is 11.8 Å². The van der Waals surface area contributed by atoms with E-state index in [1.54, 1.807) is 23.9 Å². The van der Waals surface area contributed by atoms with Gasteiger partial charge >= 0.3 is 5.97 Å². The van der Waals surface area contributed by atoms with Gasteiger partial charge in [0.25, 0.3) is 0 Å². The van der Waals surface area contributed by atoms with Crippen LogP contribution in [0, 0.1) is 0 Å². The van der Waals surface area contributed by atoms with Crippen LogP contribution in [0.3, 0.4) is 0 Å². The van der Waals surface area contributed by atoms with Gasteiger partial charge in [0.2, 0.25) is 11.7 Å². The SMILES string of the molecule is CSc1ccc(COC(=O)CCc2nc(-c3ccc(Cl)cc3)no2)cc1. The number of nitrogens with zero attached hydrogens (tertiary/aromatic N) is 2. The number of carbonyl (C=O) groups is 1. The van der Waals surface area contributed by atoms with Gasteiger partial charge in [0, 0.05) is 21.9 Å². The van der Waals surface area contributed by atoms with Crippen molar-refractivity contribution in [3.05, 3.63) is 65.0 Å². The van der Waals surface area contributed by atoms with Crippen molar-refractivity contribution in [2.75, 3.05) is 6.26 Å². The molecule has 2 aromatic carbocycles. The summed E-state index contributed by atoms with van der Waals surface area (Å²) >= 11 is 7.53. The van der Waals surface area contributed by atoms with E-state index >= 15 is 0 Å². The standard InChI is InChI=1S/C19H17ClN2O3S/c1-26-16-8-2-13(3-9-16)12-24-18(23)11-10-17-21-19(22-25-17)14-4-6-15(20)7-5-14/h2-9H,10-12H2,1H3. The van der Waals surface area contributed by atoms with Crippen LogP contribution in [0.25, 0.3) is 11.4 Å². The molecule has 26 heavy (non-hydrogen) atoms. The lowest BCUT2D eigenvalue weighted by atomic mass is 10.2. The molecule has 0 aliphatic carbocycles. The van der Waals surface area contributed by atoms with Crippen LogP contribution in [-0.2, 0) is 22.6 Å². The monoisotopic (exact) mass is 388 g/mol. The van der Waals surface area contributed by atoms with E-state index in [2.05, 4.69) is 10.1 Å². The topological polar surface area (TPSA) is 65.2 Å². The Hall–Kier alpha value is -2.31. The number of halogens is 1. The molecule has 0 saturated carbocycles. The summed E-state index contributed by atoms with van der Waals surface area (Å²) in [5.41, 5.74) is 1.76. The molecule has 0 spiro atoms. The average molecular weight is 389 g/mol. The molecular weight excluding hydrogens is 372 g/mol. The minimum Gasteiger partial charge on any atom is -0.461 e. The highest BCUT2D eigenvalue weighted by atomic mass is 35.5. The van der Waals surface area contributed by atoms with Gasteiger partial charge in [0.05, 0.1) is 6.42 Å². The Morgan fingerprint density at radius 1 is 1.15 bits per heavy atom. The Balaban J connectivity index is 1.47. The number of aromatic nitrogens is 2. The fourth-order valence-corrected chi connectivity index (χ4v) is 2.77. The molecule has 0 aliphatic rings. The number of rotatable bonds is 7. The Labute approximate surface area is 160 Å². The summed E-state index contributed by atoms with van der Waals surface area (Å²) < 4.78 is 10.5. The number of aryl methyl sites for hydroxylation is 1. The third-order valence-corrected chi connectivity index (χ3v) is 4.67. The van der Waals surface area contributed by atoms with Gasteiger partial charge in [-0.05, 0) is 48.2 Å². The highest BCUT2D eigenvalue weighted by Crippen LogP contribution is 2.19. The molecule has 0 radical (unpaired) electrons. The summed E-state index contributed by atoms with van der Waals surface area (Å²) in [5, 5.41) is 4.56. The summed E-state index contributed by atoms with van der Waals surface area (Å²) in [4.78, 5) is 17.4. The Bertz CT molecular complexity index is 863. The molecule has 0 amide bonds. The van der Waals surface area contributed by atoms with E-state index in [1.165, 1.54) is 4.90 Å². The van der Waals surface area contributed by atoms with Crippen LogP contribution in [0.4, 0.5) is 0 Å². The molecule has 0 bridgehead atoms. The Kier molecular flexibility index (Phi) is 6.30. The largest absolute Gasteiger partial charge is 0.461 e. The minimum atomic E-state index is -0.301. The second-order valence-electron chi connectivity index (χ2n) is 5.53. The van der Waals surface area contributed by atoms with Crippen LogP contribution in [0.5, 0.6) is 0 Å². The normalized spacial score (nSPS) is 10.7. The van der Waals surface area contributed by atoms with E-state index in [-0.39, 0.29) is 19.0 Å². The summed E-state index contributed by atoms with van der Waals surface area (Å²) in [6.45, 7) is 0.257. The molecule has 0 saturated heterocycles. The minimum absolute atomic E-state index is 0.186. The van der Waals surface area contributed by atoms with E-state index in [1.807, 2.05) is 42.7 Å². The first kappa shape index (κ1) is 18.5. The number of carbonyl (C=O) groups excluding carboxylic acids is 1. The van der Waals surface area contributed by atoms with Gasteiger partial charge in [0.15, 0.2) is 0 Å². The van der Waals surface area contributed by atoms with Crippen LogP contribution in [-0.4, -0.2) is 22.4 Å². The number of benzene rings is 2. The molecule has 0 fully saturated rings. The van der Waals surface area contributed by atoms with E-state index in [0.717, 1.165) is 11.1 Å². The molecule has 7 heteroatoms. The second kappa shape index (κ2) is 8.87. The Morgan fingerprint density at radius 2 is 1.88 bits per heavy atom. The average Bonchev–Trinajstić information content (AvgIpc) is 3.14. The fraction of sp³-hybridized carbons (Fsp3) is 0.211. The van der Waals surface area contributed by atoms with Crippen LogP contribution in [0.2, 0.25) is 5.02 Å². The lowest BCUT2D eigenvalue weighted by Gasteiger charge is -2.04. The lowest BCUT2D eigenvalue weighted by Crippen LogP contribution is -2.06. The quantitative estimate of drug-likeness (QED) is 0.428. The zero-order valence-electron chi connectivity index (χ0n) is 14.1. The fourth-order valence-electron chi connectivity index (χ4n) is 2.24. The number of esters is 1. The molecule has 0 unspecified atom stereocenters. The first-order chi connectivity index (χ1) is 12.6. The van der Waals surface area contributed by atoms with Crippen molar-refractivity contribution in [3.63, 3.8) is 0 Å². The maximum absolute atomic E-state index is 11.9. The van der Waals surface area contributed by atoms with Crippen molar-refractivity contribution in [1.82, 2.24) is 10.1 Å². The first-order valence-corrected chi connectivity index (χ1v) is 9.61. The van der Waals surface area contributed by atoms with Gasteiger partial charge in [-0.1, -0.05) is 28.9 Å². The van der Waals surface area contributed by atoms with Crippen molar-refractivity contribution in [2.24, 2.45) is 0 Å². The van der Waals surface area contributed by atoms with Crippen LogP contribution < -0.4 is 0 Å². The first-order valence-electron chi connectivity index (χ1n) is 8.01. The van der Waals surface area contributed by atoms with Crippen molar-refractivity contribution in [2.45, 2.75) is 24.3 Å². The third kappa shape index (κ3) is 5.09. The maximum atomic E-state index is 11.9. The van der Waals surface area contributed by atoms with Crippen LogP contribution >= 0.6 is 23.4 Å². The summed E-state index contributed by atoms with van der Waals surface area (Å²) in [5.74, 6) is 0.570. The van der Waals surface area contributed by atoms with Gasteiger partial charge in [-0.2, -0.15) is 4.98 Å². The molecule has 0 N–H and O–H groups in total. The number of hydrogen-bond donors (Lipinski definition) is 0. The number of thioether (sulfide) groups is 1. The third-order valence-electron chi connectivity index (χ3n) is 3.67. The van der Waals surface area contributed by atoms with Gasteiger partial charge in [-0.25, -0.2) is 0 Å². The van der Waals surface area contributed by atoms with Gasteiger partial charge < -0.3 is 9.26 Å². The Morgan fingerprint density at radius 3 is 2.58 bits per heavy atom. The van der Waals surface area contributed by atoms with Crippen molar-refractivity contribution in [1.29, 1.82) is 0 Å². The van der Waals surface area contributed by atoms with Crippen molar-refractivity contribution >= 4 is 29.3 Å². The molecule has 3 rings (SSSR count). The molecule has 0 aliphatic heterocycles. The molecule has 5 nitrogen and oxygen atoms in total. The predicted molar refractivity (Wildman–Crippen MR) is 101 cm³/mol. The number of ether oxygens (including phenoxy) is 1. The molecule has 1 heterocycles. The zero-order chi connectivity index (χ0) is 18.4. The van der Waals surface area contributed by atoms with Gasteiger partial charge in [-0.3, -0.25) is 4.79 Å². The van der Waals surface area contributed by atoms with Crippen LogP contribution in [0.1, 0.15) is 17.9 Å². The number of hydrogen-bond acceptors (Lipinski definition) is 6. The van der Waals surface area contributed by atoms with Crippen molar-refractivity contribution in [3.8, 4) is 11.4 Å². The highest BCUT2D eigenvalue weighted by molar-refractivity contribution is 7.98.